The van der Waals surface area contributed by atoms with Crippen LogP contribution in [-0.4, -0.2) is 29.6 Å². The zero-order chi connectivity index (χ0) is 11.3. The molecule has 0 bridgehead atoms. The standard InChI is InChI=1S/C11H11BrN2O2/c1-13-5-8(6-13)14-9-4-7(12)2-3-10(9)16-11(14)15/h2-4,8H,5-6H2,1H3. The molecule has 1 fully saturated rings. The van der Waals surface area contributed by atoms with Crippen molar-refractivity contribution < 1.29 is 4.42 Å². The van der Waals surface area contributed by atoms with Gasteiger partial charge in [-0.2, -0.15) is 0 Å². The van der Waals surface area contributed by atoms with Crippen LogP contribution in [-0.2, 0) is 0 Å². The largest absolute Gasteiger partial charge is 0.420 e. The van der Waals surface area contributed by atoms with E-state index in [1.54, 1.807) is 4.57 Å². The first kappa shape index (κ1) is 10.1. The molecule has 2 heterocycles. The van der Waals surface area contributed by atoms with Crippen molar-refractivity contribution in [2.75, 3.05) is 20.1 Å². The Labute approximate surface area is 101 Å². The third kappa shape index (κ3) is 1.43. The molecule has 84 valence electrons. The van der Waals surface area contributed by atoms with E-state index in [1.807, 2.05) is 25.2 Å². The Morgan fingerprint density at radius 1 is 1.44 bits per heavy atom. The number of hydrogen-bond acceptors (Lipinski definition) is 3. The van der Waals surface area contributed by atoms with E-state index in [1.165, 1.54) is 0 Å². The number of oxazole rings is 1. The fraction of sp³-hybridized carbons (Fsp3) is 0.364. The van der Waals surface area contributed by atoms with Crippen LogP contribution in [0.15, 0.2) is 31.9 Å². The maximum Gasteiger partial charge on any atom is 0.420 e. The Morgan fingerprint density at radius 3 is 2.88 bits per heavy atom. The monoisotopic (exact) mass is 282 g/mol. The maximum atomic E-state index is 11.8. The van der Waals surface area contributed by atoms with Crippen molar-refractivity contribution in [1.82, 2.24) is 9.47 Å². The fourth-order valence-corrected chi connectivity index (χ4v) is 2.53. The molecule has 3 rings (SSSR count). The first-order valence-electron chi connectivity index (χ1n) is 5.14. The van der Waals surface area contributed by atoms with Crippen LogP contribution in [0.2, 0.25) is 0 Å². The third-order valence-corrected chi connectivity index (χ3v) is 3.48. The molecule has 4 nitrogen and oxygen atoms in total. The van der Waals surface area contributed by atoms with Gasteiger partial charge < -0.3 is 9.32 Å². The predicted octanol–water partition coefficient (Wildman–Crippen LogP) is 1.84. The van der Waals surface area contributed by atoms with Crippen LogP contribution >= 0.6 is 15.9 Å². The topological polar surface area (TPSA) is 38.4 Å². The molecule has 0 amide bonds. The van der Waals surface area contributed by atoms with E-state index in [-0.39, 0.29) is 11.8 Å². The highest BCUT2D eigenvalue weighted by Crippen LogP contribution is 2.25. The van der Waals surface area contributed by atoms with Gasteiger partial charge in [-0.1, -0.05) is 15.9 Å². The van der Waals surface area contributed by atoms with Gasteiger partial charge in [0.2, 0.25) is 0 Å². The third-order valence-electron chi connectivity index (χ3n) is 2.98. The zero-order valence-corrected chi connectivity index (χ0v) is 10.4. The van der Waals surface area contributed by atoms with Crippen molar-refractivity contribution in [1.29, 1.82) is 0 Å². The minimum absolute atomic E-state index is 0.244. The number of fused-ring (bicyclic) bond motifs is 1. The predicted molar refractivity (Wildman–Crippen MR) is 64.7 cm³/mol. The number of hydrogen-bond donors (Lipinski definition) is 0. The summed E-state index contributed by atoms with van der Waals surface area (Å²) in [5, 5.41) is 0. The summed E-state index contributed by atoms with van der Waals surface area (Å²) in [4.78, 5) is 13.9. The lowest BCUT2D eigenvalue weighted by Gasteiger charge is -2.36. The van der Waals surface area contributed by atoms with Gasteiger partial charge in [0.1, 0.15) is 0 Å². The van der Waals surface area contributed by atoms with E-state index in [4.69, 9.17) is 4.42 Å². The minimum Gasteiger partial charge on any atom is -0.408 e. The number of rotatable bonds is 1. The van der Waals surface area contributed by atoms with Crippen LogP contribution in [0.1, 0.15) is 6.04 Å². The molecular formula is C11H11BrN2O2. The highest BCUT2D eigenvalue weighted by molar-refractivity contribution is 9.10. The first-order chi connectivity index (χ1) is 7.65. The Kier molecular flexibility index (Phi) is 2.19. The summed E-state index contributed by atoms with van der Waals surface area (Å²) in [6, 6.07) is 5.87. The summed E-state index contributed by atoms with van der Waals surface area (Å²) < 4.78 is 7.92. The lowest BCUT2D eigenvalue weighted by molar-refractivity contribution is 0.137. The second-order valence-corrected chi connectivity index (χ2v) is 5.14. The Morgan fingerprint density at radius 2 is 2.19 bits per heavy atom. The average Bonchev–Trinajstić information content (AvgIpc) is 2.49. The Hall–Kier alpha value is -1.07. The lowest BCUT2D eigenvalue weighted by atomic mass is 10.1. The number of benzene rings is 1. The molecule has 2 aromatic rings. The van der Waals surface area contributed by atoms with Crippen LogP contribution in [0.3, 0.4) is 0 Å². The van der Waals surface area contributed by atoms with Crippen LogP contribution in [0.5, 0.6) is 0 Å². The normalized spacial score (nSPS) is 17.9. The smallest absolute Gasteiger partial charge is 0.408 e. The van der Waals surface area contributed by atoms with Crippen molar-refractivity contribution in [2.45, 2.75) is 6.04 Å². The quantitative estimate of drug-likeness (QED) is 0.801. The second kappa shape index (κ2) is 3.46. The van der Waals surface area contributed by atoms with Gasteiger partial charge in [-0.25, -0.2) is 4.79 Å². The molecular weight excluding hydrogens is 272 g/mol. The number of likely N-dealkylation sites (N-methyl/N-ethyl adjacent to an activating group) is 1. The summed E-state index contributed by atoms with van der Waals surface area (Å²) in [6.07, 6.45) is 0. The molecule has 0 aliphatic carbocycles. The molecule has 0 spiro atoms. The summed E-state index contributed by atoms with van der Waals surface area (Å²) >= 11 is 3.41. The molecule has 0 unspecified atom stereocenters. The van der Waals surface area contributed by atoms with Gasteiger partial charge in [0, 0.05) is 17.6 Å². The molecule has 1 aromatic carbocycles. The van der Waals surface area contributed by atoms with E-state index in [0.29, 0.717) is 5.58 Å². The van der Waals surface area contributed by atoms with Crippen molar-refractivity contribution in [3.63, 3.8) is 0 Å². The van der Waals surface area contributed by atoms with Gasteiger partial charge in [-0.15, -0.1) is 0 Å². The maximum absolute atomic E-state index is 11.8. The summed E-state index contributed by atoms with van der Waals surface area (Å²) in [5.74, 6) is -0.258. The molecule has 0 atom stereocenters. The fourth-order valence-electron chi connectivity index (χ4n) is 2.18. The molecule has 16 heavy (non-hydrogen) atoms. The van der Waals surface area contributed by atoms with Crippen molar-refractivity contribution in [3.8, 4) is 0 Å². The van der Waals surface area contributed by atoms with Crippen LogP contribution in [0, 0.1) is 0 Å². The molecule has 1 saturated heterocycles. The molecule has 1 aliphatic rings. The number of aromatic nitrogens is 1. The van der Waals surface area contributed by atoms with Gasteiger partial charge in [0.05, 0.1) is 11.6 Å². The SMILES string of the molecule is CN1CC(n2c(=O)oc3ccc(Br)cc32)C1. The van der Waals surface area contributed by atoms with Crippen molar-refractivity contribution in [3.05, 3.63) is 33.2 Å². The highest BCUT2D eigenvalue weighted by atomic mass is 79.9. The molecule has 5 heteroatoms. The lowest BCUT2D eigenvalue weighted by Crippen LogP contribution is -2.47. The summed E-state index contributed by atoms with van der Waals surface area (Å²) in [7, 11) is 2.04. The van der Waals surface area contributed by atoms with E-state index in [0.717, 1.165) is 23.1 Å². The molecule has 0 radical (unpaired) electrons. The first-order valence-corrected chi connectivity index (χ1v) is 5.93. The van der Waals surface area contributed by atoms with E-state index in [2.05, 4.69) is 20.8 Å². The van der Waals surface area contributed by atoms with E-state index < -0.39 is 0 Å². The number of nitrogens with zero attached hydrogens (tertiary/aromatic N) is 2. The molecule has 0 saturated carbocycles. The zero-order valence-electron chi connectivity index (χ0n) is 8.81. The van der Waals surface area contributed by atoms with Gasteiger partial charge in [-0.3, -0.25) is 4.57 Å². The van der Waals surface area contributed by atoms with Crippen LogP contribution in [0.25, 0.3) is 11.1 Å². The van der Waals surface area contributed by atoms with Crippen molar-refractivity contribution >= 4 is 27.0 Å². The Balaban J connectivity index is 2.18. The van der Waals surface area contributed by atoms with Gasteiger partial charge in [-0.05, 0) is 25.2 Å². The Bertz CT molecular complexity index is 596. The minimum atomic E-state index is -0.258. The summed E-state index contributed by atoms with van der Waals surface area (Å²) in [5.41, 5.74) is 1.53. The van der Waals surface area contributed by atoms with Gasteiger partial charge in [0.25, 0.3) is 0 Å². The second-order valence-electron chi connectivity index (χ2n) is 4.23. The van der Waals surface area contributed by atoms with Gasteiger partial charge in [0.15, 0.2) is 5.58 Å². The molecule has 1 aliphatic heterocycles. The van der Waals surface area contributed by atoms with Crippen molar-refractivity contribution in [2.24, 2.45) is 0 Å². The average molecular weight is 283 g/mol. The number of halogens is 1. The number of likely N-dealkylation sites (tertiary alicyclic amines) is 1. The van der Waals surface area contributed by atoms with Crippen LogP contribution in [0.4, 0.5) is 0 Å². The summed E-state index contributed by atoms with van der Waals surface area (Å²) in [6.45, 7) is 1.81. The van der Waals surface area contributed by atoms with E-state index >= 15 is 0 Å². The molecule has 0 N–H and O–H groups in total. The van der Waals surface area contributed by atoms with E-state index in [9.17, 15) is 4.79 Å². The van der Waals surface area contributed by atoms with Gasteiger partial charge >= 0.3 is 5.76 Å². The highest BCUT2D eigenvalue weighted by Gasteiger charge is 2.28. The van der Waals surface area contributed by atoms with Crippen LogP contribution < -0.4 is 5.76 Å². The molecule has 1 aromatic heterocycles.